The van der Waals surface area contributed by atoms with E-state index in [2.05, 4.69) is 26.2 Å². The number of nitrogens with one attached hydrogen (secondary N) is 1. The molecular formula is C13H12BrFN2S. The molecule has 2 nitrogen and oxygen atoms in total. The van der Waals surface area contributed by atoms with E-state index in [0.717, 1.165) is 28.1 Å². The van der Waals surface area contributed by atoms with Crippen LogP contribution in [0, 0.1) is 5.82 Å². The molecule has 0 amide bonds. The zero-order chi connectivity index (χ0) is 12.5. The van der Waals surface area contributed by atoms with Crippen LogP contribution in [0.25, 0.3) is 10.6 Å². The standard InChI is InChI=1S/C13H12BrFN2S/c14-8-3-4-10(15)9(6-8)13-17-12(7-18-13)11-2-1-5-16-11/h3-4,6-7,11,16H,1-2,5H2. The van der Waals surface area contributed by atoms with Gasteiger partial charge in [-0.05, 0) is 37.6 Å². The summed E-state index contributed by atoms with van der Waals surface area (Å²) in [6.07, 6.45) is 2.30. The number of aromatic nitrogens is 1. The quantitative estimate of drug-likeness (QED) is 0.897. The smallest absolute Gasteiger partial charge is 0.133 e. The maximum Gasteiger partial charge on any atom is 0.133 e. The van der Waals surface area contributed by atoms with Gasteiger partial charge in [-0.3, -0.25) is 0 Å². The molecule has 1 aromatic heterocycles. The molecule has 1 saturated heterocycles. The van der Waals surface area contributed by atoms with Gasteiger partial charge in [-0.15, -0.1) is 11.3 Å². The number of hydrogen-bond acceptors (Lipinski definition) is 3. The SMILES string of the molecule is Fc1ccc(Br)cc1-c1nc(C2CCCN2)cs1. The Bertz CT molecular complexity index is 564. The Balaban J connectivity index is 1.94. The molecular weight excluding hydrogens is 315 g/mol. The molecule has 1 atom stereocenters. The molecule has 1 aliphatic rings. The van der Waals surface area contributed by atoms with Crippen molar-refractivity contribution in [3.05, 3.63) is 39.6 Å². The van der Waals surface area contributed by atoms with Gasteiger partial charge in [-0.25, -0.2) is 9.37 Å². The Morgan fingerprint density at radius 1 is 1.44 bits per heavy atom. The van der Waals surface area contributed by atoms with Crippen molar-refractivity contribution in [3.8, 4) is 10.6 Å². The van der Waals surface area contributed by atoms with Gasteiger partial charge in [0.05, 0.1) is 11.7 Å². The van der Waals surface area contributed by atoms with Crippen LogP contribution >= 0.6 is 27.3 Å². The molecule has 1 N–H and O–H groups in total. The maximum absolute atomic E-state index is 13.8. The monoisotopic (exact) mass is 326 g/mol. The van der Waals surface area contributed by atoms with E-state index in [4.69, 9.17) is 0 Å². The fourth-order valence-electron chi connectivity index (χ4n) is 2.17. The first-order valence-corrected chi connectivity index (χ1v) is 7.55. The fraction of sp³-hybridized carbons (Fsp3) is 0.308. The lowest BCUT2D eigenvalue weighted by atomic mass is 10.2. The van der Waals surface area contributed by atoms with Crippen LogP contribution in [0.4, 0.5) is 4.39 Å². The van der Waals surface area contributed by atoms with Crippen LogP contribution in [0.2, 0.25) is 0 Å². The lowest BCUT2D eigenvalue weighted by Gasteiger charge is -2.05. The van der Waals surface area contributed by atoms with E-state index in [-0.39, 0.29) is 5.82 Å². The van der Waals surface area contributed by atoms with Crippen LogP contribution in [0.3, 0.4) is 0 Å². The molecule has 1 fully saturated rings. The van der Waals surface area contributed by atoms with E-state index in [1.807, 2.05) is 5.38 Å². The van der Waals surface area contributed by atoms with E-state index < -0.39 is 0 Å². The van der Waals surface area contributed by atoms with Crippen LogP contribution in [0.1, 0.15) is 24.6 Å². The molecule has 18 heavy (non-hydrogen) atoms. The zero-order valence-electron chi connectivity index (χ0n) is 9.62. The van der Waals surface area contributed by atoms with Crippen molar-refractivity contribution < 1.29 is 4.39 Å². The summed E-state index contributed by atoms with van der Waals surface area (Å²) in [5.74, 6) is -0.224. The summed E-state index contributed by atoms with van der Waals surface area (Å²) in [7, 11) is 0. The summed E-state index contributed by atoms with van der Waals surface area (Å²) in [5, 5.41) is 6.18. The third-order valence-corrected chi connectivity index (χ3v) is 4.49. The first-order valence-electron chi connectivity index (χ1n) is 5.88. The lowest BCUT2D eigenvalue weighted by Crippen LogP contribution is -2.12. The molecule has 0 bridgehead atoms. The van der Waals surface area contributed by atoms with E-state index >= 15 is 0 Å². The predicted molar refractivity (Wildman–Crippen MR) is 75.2 cm³/mol. The van der Waals surface area contributed by atoms with Crippen molar-refractivity contribution >= 4 is 27.3 Å². The summed E-state index contributed by atoms with van der Waals surface area (Å²) >= 11 is 4.86. The molecule has 1 aliphatic heterocycles. The second kappa shape index (κ2) is 5.07. The molecule has 0 radical (unpaired) electrons. The van der Waals surface area contributed by atoms with E-state index in [1.165, 1.54) is 23.8 Å². The second-order valence-electron chi connectivity index (χ2n) is 4.35. The predicted octanol–water partition coefficient (Wildman–Crippen LogP) is 4.14. The van der Waals surface area contributed by atoms with Gasteiger partial charge in [-0.1, -0.05) is 15.9 Å². The Morgan fingerprint density at radius 2 is 2.33 bits per heavy atom. The molecule has 1 aromatic carbocycles. The van der Waals surface area contributed by atoms with Gasteiger partial charge in [-0.2, -0.15) is 0 Å². The van der Waals surface area contributed by atoms with Crippen molar-refractivity contribution in [2.75, 3.05) is 6.54 Å². The molecule has 2 heterocycles. The lowest BCUT2D eigenvalue weighted by molar-refractivity contribution is 0.626. The topological polar surface area (TPSA) is 24.9 Å². The van der Waals surface area contributed by atoms with Crippen LogP contribution in [-0.2, 0) is 0 Å². The number of nitrogens with zero attached hydrogens (tertiary/aromatic N) is 1. The van der Waals surface area contributed by atoms with Crippen molar-refractivity contribution in [1.29, 1.82) is 0 Å². The van der Waals surface area contributed by atoms with Gasteiger partial charge in [0, 0.05) is 15.4 Å². The highest BCUT2D eigenvalue weighted by atomic mass is 79.9. The molecule has 2 aromatic rings. The van der Waals surface area contributed by atoms with Crippen LogP contribution in [0.5, 0.6) is 0 Å². The van der Waals surface area contributed by atoms with Crippen molar-refractivity contribution in [3.63, 3.8) is 0 Å². The summed E-state index contributed by atoms with van der Waals surface area (Å²) in [6, 6.07) is 5.28. The normalized spacial score (nSPS) is 19.3. The molecule has 5 heteroatoms. The first kappa shape index (κ1) is 12.3. The Labute approximate surface area is 117 Å². The maximum atomic E-state index is 13.8. The minimum absolute atomic E-state index is 0.224. The largest absolute Gasteiger partial charge is 0.309 e. The number of halogens is 2. The van der Waals surface area contributed by atoms with Crippen LogP contribution in [-0.4, -0.2) is 11.5 Å². The van der Waals surface area contributed by atoms with Gasteiger partial charge in [0.1, 0.15) is 10.8 Å². The van der Waals surface area contributed by atoms with Gasteiger partial charge < -0.3 is 5.32 Å². The third kappa shape index (κ3) is 2.35. The molecule has 94 valence electrons. The summed E-state index contributed by atoms with van der Waals surface area (Å²) in [6.45, 7) is 1.04. The summed E-state index contributed by atoms with van der Waals surface area (Å²) in [4.78, 5) is 4.56. The van der Waals surface area contributed by atoms with Gasteiger partial charge >= 0.3 is 0 Å². The summed E-state index contributed by atoms with van der Waals surface area (Å²) < 4.78 is 14.6. The van der Waals surface area contributed by atoms with E-state index in [0.29, 0.717) is 11.6 Å². The molecule has 3 rings (SSSR count). The van der Waals surface area contributed by atoms with Crippen molar-refractivity contribution in [2.45, 2.75) is 18.9 Å². The van der Waals surface area contributed by atoms with E-state index in [9.17, 15) is 4.39 Å². The Kier molecular flexibility index (Phi) is 3.46. The molecule has 0 spiro atoms. The Morgan fingerprint density at radius 3 is 3.11 bits per heavy atom. The Hall–Kier alpha value is -0.780. The summed E-state index contributed by atoms with van der Waals surface area (Å²) in [5.41, 5.74) is 1.60. The molecule has 0 saturated carbocycles. The number of hydrogen-bond donors (Lipinski definition) is 1. The number of thiazole rings is 1. The number of rotatable bonds is 2. The van der Waals surface area contributed by atoms with Crippen LogP contribution < -0.4 is 5.32 Å². The van der Waals surface area contributed by atoms with Crippen LogP contribution in [0.15, 0.2) is 28.1 Å². The van der Waals surface area contributed by atoms with Gasteiger partial charge in [0.25, 0.3) is 0 Å². The van der Waals surface area contributed by atoms with Gasteiger partial charge in [0.15, 0.2) is 0 Å². The minimum atomic E-state index is -0.224. The first-order chi connectivity index (χ1) is 8.74. The third-order valence-electron chi connectivity index (χ3n) is 3.10. The highest BCUT2D eigenvalue weighted by Crippen LogP contribution is 2.32. The highest BCUT2D eigenvalue weighted by molar-refractivity contribution is 9.10. The van der Waals surface area contributed by atoms with Gasteiger partial charge in [0.2, 0.25) is 0 Å². The fourth-order valence-corrected chi connectivity index (χ4v) is 3.42. The molecule has 1 unspecified atom stereocenters. The highest BCUT2D eigenvalue weighted by Gasteiger charge is 2.20. The minimum Gasteiger partial charge on any atom is -0.309 e. The zero-order valence-corrected chi connectivity index (χ0v) is 12.0. The van der Waals surface area contributed by atoms with Crippen molar-refractivity contribution in [1.82, 2.24) is 10.3 Å². The molecule has 0 aliphatic carbocycles. The van der Waals surface area contributed by atoms with E-state index in [1.54, 1.807) is 12.1 Å². The second-order valence-corrected chi connectivity index (χ2v) is 6.12. The average Bonchev–Trinajstić information content (AvgIpc) is 3.00. The van der Waals surface area contributed by atoms with Crippen molar-refractivity contribution in [2.24, 2.45) is 0 Å². The average molecular weight is 327 g/mol. The number of benzene rings is 1.